The molecule has 2 aromatic rings. The van der Waals surface area contributed by atoms with Crippen molar-refractivity contribution in [3.8, 4) is 0 Å². The first kappa shape index (κ1) is 18.2. The molecule has 7 nitrogen and oxygen atoms in total. The van der Waals surface area contributed by atoms with Crippen LogP contribution in [-0.2, 0) is 6.54 Å². The van der Waals surface area contributed by atoms with Crippen molar-refractivity contribution in [2.75, 3.05) is 11.9 Å². The Labute approximate surface area is 150 Å². The zero-order valence-electron chi connectivity index (χ0n) is 13.4. The maximum Gasteiger partial charge on any atom is 0.271 e. The first-order chi connectivity index (χ1) is 11.4. The topological polar surface area (TPSA) is 85.0 Å². The summed E-state index contributed by atoms with van der Waals surface area (Å²) in [4.78, 5) is 10.3. The van der Waals surface area contributed by atoms with E-state index in [1.165, 1.54) is 18.2 Å². The third kappa shape index (κ3) is 4.90. The van der Waals surface area contributed by atoms with E-state index >= 15 is 0 Å². The van der Waals surface area contributed by atoms with E-state index in [1.54, 1.807) is 0 Å². The minimum atomic E-state index is -0.480. The number of nitrogens with one attached hydrogen (secondary N) is 2. The fraction of sp³-hybridized carbons (Fsp3) is 0.333. The molecule has 2 rings (SSSR count). The molecule has 1 aromatic heterocycles. The maximum absolute atomic E-state index is 10.8. The van der Waals surface area contributed by atoms with Crippen LogP contribution in [-0.4, -0.2) is 26.4 Å². The van der Waals surface area contributed by atoms with Crippen molar-refractivity contribution >= 4 is 40.3 Å². The molecule has 0 aliphatic rings. The highest BCUT2D eigenvalue weighted by atomic mass is 35.5. The number of nitro benzene ring substituents is 1. The first-order valence-electron chi connectivity index (χ1n) is 7.36. The van der Waals surface area contributed by atoms with Crippen LogP contribution in [0.3, 0.4) is 0 Å². The fourth-order valence-electron chi connectivity index (χ4n) is 2.22. The summed E-state index contributed by atoms with van der Waals surface area (Å²) in [5.74, 6) is 0. The Kier molecular flexibility index (Phi) is 6.10. The zero-order chi connectivity index (χ0) is 17.7. The second-order valence-corrected chi connectivity index (χ2v) is 6.12. The minimum Gasteiger partial charge on any atom is -0.362 e. The van der Waals surface area contributed by atoms with Crippen molar-refractivity contribution in [2.45, 2.75) is 26.8 Å². The Morgan fingerprint density at radius 2 is 2.17 bits per heavy atom. The molecule has 0 atom stereocenters. The lowest BCUT2D eigenvalue weighted by Crippen LogP contribution is -2.30. The predicted molar refractivity (Wildman–Crippen MR) is 98.6 cm³/mol. The van der Waals surface area contributed by atoms with Gasteiger partial charge in [0, 0.05) is 30.9 Å². The maximum atomic E-state index is 10.8. The Morgan fingerprint density at radius 3 is 2.79 bits per heavy atom. The number of non-ortho nitro benzene ring substituents is 1. The molecule has 0 fully saturated rings. The molecule has 0 aliphatic carbocycles. The van der Waals surface area contributed by atoms with Gasteiger partial charge in [0.1, 0.15) is 0 Å². The van der Waals surface area contributed by atoms with Gasteiger partial charge in [0.2, 0.25) is 0 Å². The number of halogens is 1. The highest BCUT2D eigenvalue weighted by molar-refractivity contribution is 7.80. The fourth-order valence-corrected chi connectivity index (χ4v) is 2.60. The van der Waals surface area contributed by atoms with E-state index in [0.717, 1.165) is 24.4 Å². The molecule has 24 heavy (non-hydrogen) atoms. The molecule has 0 spiro atoms. The Morgan fingerprint density at radius 1 is 1.42 bits per heavy atom. The lowest BCUT2D eigenvalue weighted by Gasteiger charge is -2.12. The van der Waals surface area contributed by atoms with Crippen LogP contribution in [0, 0.1) is 24.0 Å². The summed E-state index contributed by atoms with van der Waals surface area (Å²) < 4.78 is 1.95. The molecular weight excluding hydrogens is 350 g/mol. The van der Waals surface area contributed by atoms with Crippen molar-refractivity contribution in [2.24, 2.45) is 0 Å². The lowest BCUT2D eigenvalue weighted by molar-refractivity contribution is -0.384. The second-order valence-electron chi connectivity index (χ2n) is 5.31. The van der Waals surface area contributed by atoms with Gasteiger partial charge in [0.25, 0.3) is 5.69 Å². The molecular formula is C15H18ClN5O2S. The molecule has 0 bridgehead atoms. The molecule has 0 radical (unpaired) electrons. The van der Waals surface area contributed by atoms with E-state index < -0.39 is 4.92 Å². The number of aromatic nitrogens is 2. The Hall–Kier alpha value is -2.19. The third-order valence-corrected chi connectivity index (χ3v) is 3.92. The van der Waals surface area contributed by atoms with E-state index in [-0.39, 0.29) is 5.69 Å². The standard InChI is InChI=1S/C15H18ClN5O2S/c1-10-8-11(2)20(19-10)7-3-6-17-15(24)18-14-9-12(21(22)23)4-5-13(14)16/h4-5,8-9H,3,6-7H2,1-2H3,(H2,17,18,24). The summed E-state index contributed by atoms with van der Waals surface area (Å²) in [5, 5.41) is 21.9. The summed E-state index contributed by atoms with van der Waals surface area (Å²) in [6, 6.07) is 6.20. The van der Waals surface area contributed by atoms with Crippen LogP contribution in [0.1, 0.15) is 17.8 Å². The van der Waals surface area contributed by atoms with Crippen LogP contribution in [0.4, 0.5) is 11.4 Å². The van der Waals surface area contributed by atoms with Gasteiger partial charge < -0.3 is 10.6 Å². The van der Waals surface area contributed by atoms with Crippen molar-refractivity contribution in [1.82, 2.24) is 15.1 Å². The van der Waals surface area contributed by atoms with Crippen molar-refractivity contribution < 1.29 is 4.92 Å². The normalized spacial score (nSPS) is 10.5. The number of nitrogens with zero attached hydrogens (tertiary/aromatic N) is 3. The third-order valence-electron chi connectivity index (χ3n) is 3.34. The monoisotopic (exact) mass is 367 g/mol. The number of nitro groups is 1. The molecule has 1 heterocycles. The molecule has 0 saturated carbocycles. The number of thiocarbonyl (C=S) groups is 1. The smallest absolute Gasteiger partial charge is 0.271 e. The highest BCUT2D eigenvalue weighted by Gasteiger charge is 2.10. The van der Waals surface area contributed by atoms with Crippen LogP contribution in [0.25, 0.3) is 0 Å². The van der Waals surface area contributed by atoms with E-state index in [4.69, 9.17) is 23.8 Å². The van der Waals surface area contributed by atoms with E-state index in [2.05, 4.69) is 15.7 Å². The molecule has 9 heteroatoms. The van der Waals surface area contributed by atoms with Gasteiger partial charge in [-0.25, -0.2) is 0 Å². The Balaban J connectivity index is 1.82. The van der Waals surface area contributed by atoms with Gasteiger partial charge >= 0.3 is 0 Å². The molecule has 1 aromatic carbocycles. The molecule has 0 saturated heterocycles. The van der Waals surface area contributed by atoms with E-state index in [9.17, 15) is 10.1 Å². The zero-order valence-corrected chi connectivity index (χ0v) is 14.9. The van der Waals surface area contributed by atoms with E-state index in [0.29, 0.717) is 22.4 Å². The summed E-state index contributed by atoms with van der Waals surface area (Å²) in [6.07, 6.45) is 0.840. The first-order valence-corrected chi connectivity index (χ1v) is 8.15. The number of hydrogen-bond acceptors (Lipinski definition) is 4. The van der Waals surface area contributed by atoms with Gasteiger partial charge in [-0.3, -0.25) is 14.8 Å². The van der Waals surface area contributed by atoms with Gasteiger partial charge in [-0.15, -0.1) is 0 Å². The Bertz CT molecular complexity index is 762. The SMILES string of the molecule is Cc1cc(C)n(CCCNC(=S)Nc2cc([N+](=O)[O-])ccc2Cl)n1. The predicted octanol–water partition coefficient (Wildman–Crippen LogP) is 3.44. The number of anilines is 1. The molecule has 0 amide bonds. The molecule has 2 N–H and O–H groups in total. The van der Waals surface area contributed by atoms with Gasteiger partial charge in [0.05, 0.1) is 21.3 Å². The minimum absolute atomic E-state index is 0.0470. The van der Waals surface area contributed by atoms with E-state index in [1.807, 2.05) is 24.6 Å². The van der Waals surface area contributed by atoms with Gasteiger partial charge in [0.15, 0.2) is 5.11 Å². The summed E-state index contributed by atoms with van der Waals surface area (Å²) in [5.41, 5.74) is 2.48. The van der Waals surface area contributed by atoms with Crippen LogP contribution in [0.15, 0.2) is 24.3 Å². The highest BCUT2D eigenvalue weighted by Crippen LogP contribution is 2.26. The lowest BCUT2D eigenvalue weighted by atomic mass is 10.3. The van der Waals surface area contributed by atoms with Crippen LogP contribution >= 0.6 is 23.8 Å². The molecule has 0 unspecified atom stereocenters. The van der Waals surface area contributed by atoms with Crippen LogP contribution in [0.2, 0.25) is 5.02 Å². The van der Waals surface area contributed by atoms with Crippen molar-refractivity contribution in [3.63, 3.8) is 0 Å². The summed E-state index contributed by atoms with van der Waals surface area (Å²) in [6.45, 7) is 5.41. The largest absolute Gasteiger partial charge is 0.362 e. The number of aryl methyl sites for hydroxylation is 3. The second kappa shape index (κ2) is 8.07. The van der Waals surface area contributed by atoms with Crippen molar-refractivity contribution in [3.05, 3.63) is 50.8 Å². The summed E-state index contributed by atoms with van der Waals surface area (Å²) >= 11 is 11.2. The molecule has 0 aliphatic heterocycles. The van der Waals surface area contributed by atoms with Crippen molar-refractivity contribution in [1.29, 1.82) is 0 Å². The van der Waals surface area contributed by atoms with Crippen LogP contribution < -0.4 is 10.6 Å². The van der Waals surface area contributed by atoms with Gasteiger partial charge in [-0.2, -0.15) is 5.10 Å². The number of rotatable bonds is 6. The number of hydrogen-bond donors (Lipinski definition) is 2. The van der Waals surface area contributed by atoms with Crippen LogP contribution in [0.5, 0.6) is 0 Å². The van der Waals surface area contributed by atoms with Gasteiger partial charge in [-0.05, 0) is 44.6 Å². The quantitative estimate of drug-likeness (QED) is 0.352. The average Bonchev–Trinajstić information content (AvgIpc) is 2.83. The molecule has 128 valence electrons. The average molecular weight is 368 g/mol. The summed E-state index contributed by atoms with van der Waals surface area (Å²) in [7, 11) is 0. The number of benzene rings is 1. The van der Waals surface area contributed by atoms with Gasteiger partial charge in [-0.1, -0.05) is 11.6 Å².